The molecule has 1 saturated heterocycles. The van der Waals surface area contributed by atoms with Crippen molar-refractivity contribution in [1.29, 1.82) is 0 Å². The Kier molecular flexibility index (Phi) is 4.62. The number of nitrogens with zero attached hydrogens (tertiary/aromatic N) is 3. The number of amides is 1. The Morgan fingerprint density at radius 2 is 2.36 bits per heavy atom. The summed E-state index contributed by atoms with van der Waals surface area (Å²) in [5.74, 6) is 0.733. The zero-order valence-corrected chi connectivity index (χ0v) is 14.1. The summed E-state index contributed by atoms with van der Waals surface area (Å²) in [7, 11) is 1.94. The lowest BCUT2D eigenvalue weighted by Crippen LogP contribution is -2.39. The second-order valence-corrected chi connectivity index (χ2v) is 7.15. The number of aromatic nitrogens is 2. The highest BCUT2D eigenvalue weighted by Crippen LogP contribution is 2.27. The minimum absolute atomic E-state index is 0.293. The molecule has 2 aromatic heterocycles. The van der Waals surface area contributed by atoms with Crippen molar-refractivity contribution in [2.45, 2.75) is 38.5 Å². The van der Waals surface area contributed by atoms with Gasteiger partial charge in [-0.05, 0) is 48.8 Å². The van der Waals surface area contributed by atoms with Gasteiger partial charge in [-0.25, -0.2) is 0 Å². The molecule has 0 aliphatic carbocycles. The molecule has 22 heavy (non-hydrogen) atoms. The molecule has 1 amide bonds. The standard InChI is InChI=1S/C17H23N3OS/c1-13-7-9-22-16(13)5-6-17(21)20-8-3-4-14(12-20)15-10-18-19(2)11-15/h7,9-11,14H,3-6,8,12H2,1-2H3. The van der Waals surface area contributed by atoms with Crippen molar-refractivity contribution >= 4 is 17.2 Å². The molecule has 118 valence electrons. The van der Waals surface area contributed by atoms with Crippen molar-refractivity contribution in [3.63, 3.8) is 0 Å². The maximum Gasteiger partial charge on any atom is 0.222 e. The molecule has 0 radical (unpaired) electrons. The predicted octanol–water partition coefficient (Wildman–Crippen LogP) is 3.13. The lowest BCUT2D eigenvalue weighted by atomic mass is 9.92. The second-order valence-electron chi connectivity index (χ2n) is 6.15. The predicted molar refractivity (Wildman–Crippen MR) is 89.1 cm³/mol. The number of hydrogen-bond acceptors (Lipinski definition) is 3. The number of piperidine rings is 1. The van der Waals surface area contributed by atoms with Crippen molar-refractivity contribution < 1.29 is 4.79 Å². The molecule has 1 fully saturated rings. The molecule has 1 aliphatic heterocycles. The monoisotopic (exact) mass is 317 g/mol. The van der Waals surface area contributed by atoms with Crippen molar-refractivity contribution in [1.82, 2.24) is 14.7 Å². The fourth-order valence-corrected chi connectivity index (χ4v) is 4.08. The van der Waals surface area contributed by atoms with Crippen LogP contribution in [0.15, 0.2) is 23.8 Å². The Hall–Kier alpha value is -1.62. The van der Waals surface area contributed by atoms with Crippen LogP contribution in [0.25, 0.3) is 0 Å². The molecule has 1 unspecified atom stereocenters. The van der Waals surface area contributed by atoms with Crippen LogP contribution in [0.3, 0.4) is 0 Å². The Morgan fingerprint density at radius 1 is 1.50 bits per heavy atom. The van der Waals surface area contributed by atoms with E-state index in [4.69, 9.17) is 0 Å². The van der Waals surface area contributed by atoms with E-state index in [1.807, 2.05) is 22.8 Å². The first-order chi connectivity index (χ1) is 10.6. The minimum Gasteiger partial charge on any atom is -0.342 e. The van der Waals surface area contributed by atoms with Crippen LogP contribution < -0.4 is 0 Å². The van der Waals surface area contributed by atoms with E-state index in [1.54, 1.807) is 11.3 Å². The van der Waals surface area contributed by atoms with Gasteiger partial charge in [0.2, 0.25) is 5.91 Å². The molecule has 4 nitrogen and oxygen atoms in total. The summed E-state index contributed by atoms with van der Waals surface area (Å²) in [6, 6.07) is 2.13. The number of carbonyl (C=O) groups is 1. The molecule has 2 aromatic rings. The van der Waals surface area contributed by atoms with Gasteiger partial charge in [-0.15, -0.1) is 11.3 Å². The fourth-order valence-electron chi connectivity index (χ4n) is 3.17. The summed E-state index contributed by atoms with van der Waals surface area (Å²) in [6.07, 6.45) is 7.75. The topological polar surface area (TPSA) is 38.1 Å². The van der Waals surface area contributed by atoms with Crippen molar-refractivity contribution in [3.8, 4) is 0 Å². The van der Waals surface area contributed by atoms with Gasteiger partial charge in [-0.2, -0.15) is 5.10 Å². The van der Waals surface area contributed by atoms with Gasteiger partial charge in [0.25, 0.3) is 0 Å². The molecule has 3 heterocycles. The van der Waals surface area contributed by atoms with E-state index in [1.165, 1.54) is 16.0 Å². The molecule has 3 rings (SSSR count). The molecular formula is C17H23N3OS. The van der Waals surface area contributed by atoms with E-state index < -0.39 is 0 Å². The highest BCUT2D eigenvalue weighted by molar-refractivity contribution is 7.10. The molecule has 0 spiro atoms. The first kappa shape index (κ1) is 15.3. The molecule has 5 heteroatoms. The van der Waals surface area contributed by atoms with E-state index in [-0.39, 0.29) is 0 Å². The summed E-state index contributed by atoms with van der Waals surface area (Å²) >= 11 is 1.76. The average Bonchev–Trinajstić information content (AvgIpc) is 3.13. The third-order valence-electron chi connectivity index (χ3n) is 4.50. The Morgan fingerprint density at radius 3 is 3.05 bits per heavy atom. The van der Waals surface area contributed by atoms with Gasteiger partial charge in [0, 0.05) is 43.5 Å². The van der Waals surface area contributed by atoms with Crippen LogP contribution in [-0.2, 0) is 18.3 Å². The normalized spacial score (nSPS) is 18.6. The van der Waals surface area contributed by atoms with E-state index in [9.17, 15) is 4.79 Å². The molecule has 0 aromatic carbocycles. The summed E-state index contributed by atoms with van der Waals surface area (Å²) in [5.41, 5.74) is 2.57. The number of carbonyl (C=O) groups excluding carboxylic acids is 1. The first-order valence-electron chi connectivity index (χ1n) is 7.93. The van der Waals surface area contributed by atoms with E-state index >= 15 is 0 Å². The zero-order chi connectivity index (χ0) is 15.5. The summed E-state index contributed by atoms with van der Waals surface area (Å²) < 4.78 is 1.84. The fraction of sp³-hybridized carbons (Fsp3) is 0.529. The SMILES string of the molecule is Cc1ccsc1CCC(=O)N1CCCC(c2cnn(C)c2)C1. The highest BCUT2D eigenvalue weighted by Gasteiger charge is 2.25. The van der Waals surface area contributed by atoms with Crippen molar-refractivity contribution in [2.75, 3.05) is 13.1 Å². The molecular weight excluding hydrogens is 294 g/mol. The Labute approximate surface area is 135 Å². The van der Waals surface area contributed by atoms with Crippen LogP contribution in [0.2, 0.25) is 0 Å². The van der Waals surface area contributed by atoms with Gasteiger partial charge >= 0.3 is 0 Å². The largest absolute Gasteiger partial charge is 0.342 e. The number of rotatable bonds is 4. The van der Waals surface area contributed by atoms with Crippen LogP contribution in [0.1, 0.15) is 41.2 Å². The van der Waals surface area contributed by atoms with E-state index in [0.717, 1.165) is 32.4 Å². The van der Waals surface area contributed by atoms with Crippen LogP contribution in [0, 0.1) is 6.92 Å². The maximum atomic E-state index is 12.5. The third kappa shape index (κ3) is 3.40. The van der Waals surface area contributed by atoms with Gasteiger partial charge in [0.1, 0.15) is 0 Å². The molecule has 0 bridgehead atoms. The molecule has 1 aliphatic rings. The second kappa shape index (κ2) is 6.65. The Balaban J connectivity index is 1.57. The number of hydrogen-bond donors (Lipinski definition) is 0. The van der Waals surface area contributed by atoms with Crippen molar-refractivity contribution in [2.24, 2.45) is 7.05 Å². The lowest BCUT2D eigenvalue weighted by molar-refractivity contribution is -0.132. The summed E-state index contributed by atoms with van der Waals surface area (Å²) in [4.78, 5) is 15.9. The van der Waals surface area contributed by atoms with Gasteiger partial charge in [0.05, 0.1) is 6.20 Å². The van der Waals surface area contributed by atoms with Gasteiger partial charge in [-0.3, -0.25) is 9.48 Å². The molecule has 1 atom stereocenters. The van der Waals surface area contributed by atoms with Crippen LogP contribution in [0.5, 0.6) is 0 Å². The first-order valence-corrected chi connectivity index (χ1v) is 8.80. The smallest absolute Gasteiger partial charge is 0.222 e. The van der Waals surface area contributed by atoms with Gasteiger partial charge in [0.15, 0.2) is 0 Å². The van der Waals surface area contributed by atoms with Crippen LogP contribution >= 0.6 is 11.3 Å². The van der Waals surface area contributed by atoms with E-state index in [0.29, 0.717) is 18.2 Å². The summed E-state index contributed by atoms with van der Waals surface area (Å²) in [5, 5.41) is 6.36. The number of thiophene rings is 1. The van der Waals surface area contributed by atoms with Crippen LogP contribution in [0.4, 0.5) is 0 Å². The molecule has 0 N–H and O–H groups in total. The zero-order valence-electron chi connectivity index (χ0n) is 13.3. The van der Waals surface area contributed by atoms with E-state index in [2.05, 4.69) is 29.7 Å². The maximum absolute atomic E-state index is 12.5. The van der Waals surface area contributed by atoms with Gasteiger partial charge < -0.3 is 4.90 Å². The highest BCUT2D eigenvalue weighted by atomic mass is 32.1. The molecule has 0 saturated carbocycles. The quantitative estimate of drug-likeness (QED) is 0.869. The van der Waals surface area contributed by atoms with Gasteiger partial charge in [-0.1, -0.05) is 0 Å². The summed E-state index contributed by atoms with van der Waals surface area (Å²) in [6.45, 7) is 3.86. The number of aryl methyl sites for hydroxylation is 3. The average molecular weight is 317 g/mol. The van der Waals surface area contributed by atoms with Crippen LogP contribution in [-0.4, -0.2) is 33.7 Å². The number of likely N-dealkylation sites (tertiary alicyclic amines) is 1. The third-order valence-corrected chi connectivity index (χ3v) is 5.59. The Bertz CT molecular complexity index is 646. The minimum atomic E-state index is 0.293. The van der Waals surface area contributed by atoms with Crippen molar-refractivity contribution in [3.05, 3.63) is 39.8 Å². The lowest BCUT2D eigenvalue weighted by Gasteiger charge is -2.32.